The molecule has 1 N–H and O–H groups in total. The molecule has 6 nitrogen and oxygen atoms in total. The number of anilines is 1. The average molecular weight is 411 g/mol. The van der Waals surface area contributed by atoms with Crippen molar-refractivity contribution in [2.24, 2.45) is 0 Å². The van der Waals surface area contributed by atoms with E-state index in [0.717, 1.165) is 29.9 Å². The maximum atomic E-state index is 12.8. The number of nitrogens with zero attached hydrogens (tertiary/aromatic N) is 1. The molecule has 6 heteroatoms. The molecule has 1 fully saturated rings. The smallest absolute Gasteiger partial charge is 0.261 e. The van der Waals surface area contributed by atoms with Crippen molar-refractivity contribution in [3.05, 3.63) is 54.1 Å². The Labute approximate surface area is 178 Å². The van der Waals surface area contributed by atoms with E-state index in [1.54, 1.807) is 36.3 Å². The minimum atomic E-state index is -0.479. The average Bonchev–Trinajstić information content (AvgIpc) is 3.28. The van der Waals surface area contributed by atoms with E-state index < -0.39 is 6.04 Å². The zero-order valence-electron chi connectivity index (χ0n) is 17.9. The summed E-state index contributed by atoms with van der Waals surface area (Å²) in [6, 6.07) is 14.5. The highest BCUT2D eigenvalue weighted by Gasteiger charge is 2.34. The number of methoxy groups -OCH3 is 1. The standard InChI is InChI=1S/C24H30N2O4/c1-4-17(2)20-8-5-6-10-22(20)30-16-23(27)26-15-7-9-21(26)24(28)25-18-11-13-19(29-3)14-12-18/h5-6,8,10-14,17,21H,4,7,9,15-16H2,1-3H3,(H,25,28). The predicted octanol–water partition coefficient (Wildman–Crippen LogP) is 4.22. The minimum Gasteiger partial charge on any atom is -0.497 e. The molecule has 160 valence electrons. The van der Waals surface area contributed by atoms with E-state index in [4.69, 9.17) is 9.47 Å². The van der Waals surface area contributed by atoms with Gasteiger partial charge >= 0.3 is 0 Å². The second-order valence-electron chi connectivity index (χ2n) is 7.60. The largest absolute Gasteiger partial charge is 0.497 e. The fourth-order valence-electron chi connectivity index (χ4n) is 3.70. The van der Waals surface area contributed by atoms with Gasteiger partial charge in [0.25, 0.3) is 5.91 Å². The number of ether oxygens (including phenoxy) is 2. The lowest BCUT2D eigenvalue weighted by atomic mass is 9.98. The minimum absolute atomic E-state index is 0.0697. The van der Waals surface area contributed by atoms with Crippen molar-refractivity contribution in [3.63, 3.8) is 0 Å². The van der Waals surface area contributed by atoms with Gasteiger partial charge in [-0.1, -0.05) is 32.0 Å². The van der Waals surface area contributed by atoms with Crippen LogP contribution in [0.25, 0.3) is 0 Å². The van der Waals surface area contributed by atoms with Crippen LogP contribution in [0.5, 0.6) is 11.5 Å². The zero-order chi connectivity index (χ0) is 21.5. The van der Waals surface area contributed by atoms with Crippen molar-refractivity contribution in [2.45, 2.75) is 45.1 Å². The van der Waals surface area contributed by atoms with Crippen LogP contribution >= 0.6 is 0 Å². The number of para-hydroxylation sites is 1. The van der Waals surface area contributed by atoms with Gasteiger partial charge in [0, 0.05) is 12.2 Å². The summed E-state index contributed by atoms with van der Waals surface area (Å²) >= 11 is 0. The first-order valence-electron chi connectivity index (χ1n) is 10.5. The molecule has 1 aliphatic heterocycles. The fourth-order valence-corrected chi connectivity index (χ4v) is 3.70. The summed E-state index contributed by atoms with van der Waals surface area (Å²) in [5.74, 6) is 1.47. The molecule has 1 aliphatic rings. The van der Waals surface area contributed by atoms with E-state index in [9.17, 15) is 9.59 Å². The van der Waals surface area contributed by atoms with Crippen LogP contribution in [-0.2, 0) is 9.59 Å². The Morgan fingerprint density at radius 1 is 1.17 bits per heavy atom. The van der Waals surface area contributed by atoms with Crippen molar-refractivity contribution in [3.8, 4) is 11.5 Å². The molecular weight excluding hydrogens is 380 g/mol. The number of amides is 2. The number of hydrogen-bond acceptors (Lipinski definition) is 4. The van der Waals surface area contributed by atoms with Gasteiger partial charge in [0.2, 0.25) is 5.91 Å². The van der Waals surface area contributed by atoms with Crippen LogP contribution in [0, 0.1) is 0 Å². The second-order valence-corrected chi connectivity index (χ2v) is 7.60. The Balaban J connectivity index is 1.61. The Bertz CT molecular complexity index is 866. The third-order valence-electron chi connectivity index (χ3n) is 5.65. The summed E-state index contributed by atoms with van der Waals surface area (Å²) in [7, 11) is 1.60. The number of carbonyl (C=O) groups is 2. The van der Waals surface area contributed by atoms with Crippen LogP contribution in [-0.4, -0.2) is 43.0 Å². The van der Waals surface area contributed by atoms with E-state index in [0.29, 0.717) is 24.6 Å². The van der Waals surface area contributed by atoms with Crippen molar-refractivity contribution >= 4 is 17.5 Å². The molecule has 0 radical (unpaired) electrons. The summed E-state index contributed by atoms with van der Waals surface area (Å²) in [4.78, 5) is 27.2. The van der Waals surface area contributed by atoms with Gasteiger partial charge in [0.1, 0.15) is 17.5 Å². The predicted molar refractivity (Wildman–Crippen MR) is 117 cm³/mol. The van der Waals surface area contributed by atoms with Gasteiger partial charge < -0.3 is 19.7 Å². The SMILES string of the molecule is CCC(C)c1ccccc1OCC(=O)N1CCCC1C(=O)Nc1ccc(OC)cc1. The Morgan fingerprint density at radius 2 is 1.90 bits per heavy atom. The van der Waals surface area contributed by atoms with E-state index >= 15 is 0 Å². The molecule has 1 heterocycles. The summed E-state index contributed by atoms with van der Waals surface area (Å²) in [5.41, 5.74) is 1.78. The molecule has 2 aromatic carbocycles. The summed E-state index contributed by atoms with van der Waals surface area (Å²) in [6.45, 7) is 4.77. The van der Waals surface area contributed by atoms with Gasteiger partial charge in [0.15, 0.2) is 6.61 Å². The van der Waals surface area contributed by atoms with Crippen LogP contribution in [0.1, 0.15) is 44.6 Å². The third kappa shape index (κ3) is 5.12. The third-order valence-corrected chi connectivity index (χ3v) is 5.65. The molecule has 3 rings (SSSR count). The molecule has 0 spiro atoms. The maximum absolute atomic E-state index is 12.8. The maximum Gasteiger partial charge on any atom is 0.261 e. The van der Waals surface area contributed by atoms with Crippen LogP contribution in [0.3, 0.4) is 0 Å². The molecule has 0 bridgehead atoms. The van der Waals surface area contributed by atoms with Crippen molar-refractivity contribution in [1.29, 1.82) is 0 Å². The number of carbonyl (C=O) groups excluding carboxylic acids is 2. The first-order valence-corrected chi connectivity index (χ1v) is 10.5. The Morgan fingerprint density at radius 3 is 2.60 bits per heavy atom. The van der Waals surface area contributed by atoms with Gasteiger partial charge in [-0.05, 0) is 61.1 Å². The number of benzene rings is 2. The molecule has 1 saturated heterocycles. The quantitative estimate of drug-likeness (QED) is 0.708. The number of rotatable bonds is 8. The normalized spacial score (nSPS) is 16.8. The van der Waals surface area contributed by atoms with E-state index in [-0.39, 0.29) is 18.4 Å². The van der Waals surface area contributed by atoms with Crippen LogP contribution in [0.15, 0.2) is 48.5 Å². The lowest BCUT2D eigenvalue weighted by molar-refractivity contribution is -0.138. The highest BCUT2D eigenvalue weighted by molar-refractivity contribution is 5.97. The van der Waals surface area contributed by atoms with Crippen molar-refractivity contribution < 1.29 is 19.1 Å². The lowest BCUT2D eigenvalue weighted by Gasteiger charge is -2.24. The first kappa shape index (κ1) is 21.7. The fraction of sp³-hybridized carbons (Fsp3) is 0.417. The van der Waals surface area contributed by atoms with E-state index in [1.807, 2.05) is 24.3 Å². The summed E-state index contributed by atoms with van der Waals surface area (Å²) in [6.07, 6.45) is 2.45. The topological polar surface area (TPSA) is 67.9 Å². The molecular formula is C24H30N2O4. The lowest BCUT2D eigenvalue weighted by Crippen LogP contribution is -2.45. The molecule has 0 aliphatic carbocycles. The van der Waals surface area contributed by atoms with Gasteiger partial charge in [-0.15, -0.1) is 0 Å². The van der Waals surface area contributed by atoms with Crippen LogP contribution < -0.4 is 14.8 Å². The van der Waals surface area contributed by atoms with Gasteiger partial charge in [-0.3, -0.25) is 9.59 Å². The Kier molecular flexibility index (Phi) is 7.33. The van der Waals surface area contributed by atoms with Crippen LogP contribution in [0.4, 0.5) is 5.69 Å². The summed E-state index contributed by atoms with van der Waals surface area (Å²) < 4.78 is 11.0. The van der Waals surface area contributed by atoms with Gasteiger partial charge in [0.05, 0.1) is 7.11 Å². The highest BCUT2D eigenvalue weighted by Crippen LogP contribution is 2.28. The second kappa shape index (κ2) is 10.1. The highest BCUT2D eigenvalue weighted by atomic mass is 16.5. The molecule has 0 aromatic heterocycles. The van der Waals surface area contributed by atoms with Crippen LogP contribution in [0.2, 0.25) is 0 Å². The molecule has 0 saturated carbocycles. The number of nitrogens with one attached hydrogen (secondary N) is 1. The Hall–Kier alpha value is -3.02. The van der Waals surface area contributed by atoms with Gasteiger partial charge in [-0.2, -0.15) is 0 Å². The summed E-state index contributed by atoms with van der Waals surface area (Å²) in [5, 5.41) is 2.90. The van der Waals surface area contributed by atoms with Crippen molar-refractivity contribution in [1.82, 2.24) is 4.90 Å². The molecule has 2 unspecified atom stereocenters. The molecule has 2 amide bonds. The zero-order valence-corrected chi connectivity index (χ0v) is 17.9. The van der Waals surface area contributed by atoms with Gasteiger partial charge in [-0.25, -0.2) is 0 Å². The molecule has 2 atom stereocenters. The molecule has 2 aromatic rings. The van der Waals surface area contributed by atoms with Crippen molar-refractivity contribution in [2.75, 3.05) is 25.6 Å². The number of hydrogen-bond donors (Lipinski definition) is 1. The first-order chi connectivity index (χ1) is 14.5. The number of likely N-dealkylation sites (tertiary alicyclic amines) is 1. The molecule has 30 heavy (non-hydrogen) atoms. The van der Waals surface area contributed by atoms with E-state index in [2.05, 4.69) is 19.2 Å². The monoisotopic (exact) mass is 410 g/mol. The van der Waals surface area contributed by atoms with E-state index in [1.165, 1.54) is 0 Å².